The standard InChI is InChI=1S/C30H32O12/c1-27-14-29(36)19-12-30(27,28(19,26(41-27)42-29)15-38-24(35)17-10-6-3-7-11-17)40-25-22(33)21(32)20(31)18(39-25)13-37-23(34)16-8-4-2-5-9-16/h2-11,18-22,25-26,31-33,36H,12-15H2,1H3/t18-,19-,20+,21+,22-,25+,26?,27+,28+,29-,30+/m1/s1. The maximum absolute atomic E-state index is 12.9. The van der Waals surface area contributed by atoms with E-state index in [0.717, 1.165) is 0 Å². The zero-order valence-corrected chi connectivity index (χ0v) is 22.7. The van der Waals surface area contributed by atoms with Gasteiger partial charge >= 0.3 is 11.9 Å². The van der Waals surface area contributed by atoms with Crippen LogP contribution in [0.5, 0.6) is 0 Å². The lowest BCUT2D eigenvalue weighted by atomic mass is 9.41. The second kappa shape index (κ2) is 9.53. The van der Waals surface area contributed by atoms with Crippen molar-refractivity contribution in [3.8, 4) is 0 Å². The minimum atomic E-state index is -1.69. The van der Waals surface area contributed by atoms with Crippen LogP contribution in [0.2, 0.25) is 0 Å². The number of aliphatic hydroxyl groups is 4. The zero-order valence-electron chi connectivity index (χ0n) is 22.7. The Balaban J connectivity index is 1.13. The minimum Gasteiger partial charge on any atom is -0.461 e. The average molecular weight is 585 g/mol. The number of carbonyl (C=O) groups is 2. The van der Waals surface area contributed by atoms with Crippen LogP contribution >= 0.6 is 0 Å². The second-order valence-corrected chi connectivity index (χ2v) is 12.0. The quantitative estimate of drug-likeness (QED) is 0.318. The van der Waals surface area contributed by atoms with Gasteiger partial charge in [0.2, 0.25) is 0 Å². The maximum atomic E-state index is 12.9. The number of ether oxygens (including phenoxy) is 6. The molecule has 11 atom stereocenters. The van der Waals surface area contributed by atoms with Gasteiger partial charge in [0.05, 0.1) is 16.5 Å². The number of hydrogen-bond donors (Lipinski definition) is 4. The van der Waals surface area contributed by atoms with E-state index in [4.69, 9.17) is 28.4 Å². The Bertz CT molecular complexity index is 1370. The molecule has 7 aliphatic rings. The summed E-state index contributed by atoms with van der Waals surface area (Å²) in [6.07, 6.45) is -8.34. The predicted octanol–water partition coefficient (Wildman–Crippen LogP) is 0.507. The summed E-state index contributed by atoms with van der Waals surface area (Å²) in [7, 11) is 0. The van der Waals surface area contributed by atoms with Crippen LogP contribution in [0.15, 0.2) is 60.7 Å². The smallest absolute Gasteiger partial charge is 0.338 e. The molecular formula is C30H32O12. The van der Waals surface area contributed by atoms with Crippen molar-refractivity contribution in [3.05, 3.63) is 71.8 Å². The molecule has 4 N–H and O–H groups in total. The van der Waals surface area contributed by atoms with Crippen molar-refractivity contribution in [2.75, 3.05) is 13.2 Å². The lowest BCUT2D eigenvalue weighted by Gasteiger charge is -2.67. The highest BCUT2D eigenvalue weighted by atomic mass is 16.8. The number of esters is 2. The normalized spacial score (nSPS) is 44.5. The Morgan fingerprint density at radius 2 is 1.50 bits per heavy atom. The van der Waals surface area contributed by atoms with Crippen LogP contribution < -0.4 is 0 Å². The Morgan fingerprint density at radius 1 is 0.881 bits per heavy atom. The highest BCUT2D eigenvalue weighted by Crippen LogP contribution is 2.81. The van der Waals surface area contributed by atoms with Gasteiger partial charge in [0.1, 0.15) is 48.8 Å². The van der Waals surface area contributed by atoms with Crippen molar-refractivity contribution in [3.63, 3.8) is 0 Å². The first-order valence-electron chi connectivity index (χ1n) is 13.9. The van der Waals surface area contributed by atoms with Crippen molar-refractivity contribution in [1.82, 2.24) is 0 Å². The van der Waals surface area contributed by atoms with Gasteiger partial charge < -0.3 is 48.8 Å². The highest BCUT2D eigenvalue weighted by molar-refractivity contribution is 5.89. The van der Waals surface area contributed by atoms with Gasteiger partial charge in [-0.15, -0.1) is 0 Å². The molecule has 3 saturated carbocycles. The van der Waals surface area contributed by atoms with Gasteiger partial charge in [-0.05, 0) is 37.6 Å². The molecule has 4 aliphatic heterocycles. The van der Waals surface area contributed by atoms with Crippen LogP contribution in [0.25, 0.3) is 0 Å². The largest absolute Gasteiger partial charge is 0.461 e. The van der Waals surface area contributed by atoms with Crippen LogP contribution in [0.1, 0.15) is 40.5 Å². The van der Waals surface area contributed by atoms with Gasteiger partial charge in [0, 0.05) is 12.3 Å². The molecule has 4 saturated heterocycles. The number of rotatable bonds is 8. The molecule has 0 aromatic heterocycles. The summed E-state index contributed by atoms with van der Waals surface area (Å²) < 4.78 is 35.7. The Morgan fingerprint density at radius 3 is 2.14 bits per heavy atom. The van der Waals surface area contributed by atoms with E-state index >= 15 is 0 Å². The number of hydrogen-bond acceptors (Lipinski definition) is 12. The number of benzene rings is 2. The molecule has 1 unspecified atom stereocenters. The Kier molecular flexibility index (Phi) is 6.32. The molecule has 3 aliphatic carbocycles. The molecule has 224 valence electrons. The topological polar surface area (TPSA) is 170 Å². The third kappa shape index (κ3) is 3.70. The molecule has 0 spiro atoms. The third-order valence-corrected chi connectivity index (χ3v) is 9.78. The summed E-state index contributed by atoms with van der Waals surface area (Å²) in [6, 6.07) is 16.7. The molecule has 0 radical (unpaired) electrons. The van der Waals surface area contributed by atoms with Crippen molar-refractivity contribution in [2.24, 2.45) is 11.3 Å². The maximum Gasteiger partial charge on any atom is 0.338 e. The fraction of sp³-hybridized carbons (Fsp3) is 0.533. The first-order valence-corrected chi connectivity index (χ1v) is 13.9. The van der Waals surface area contributed by atoms with E-state index in [0.29, 0.717) is 11.1 Å². The summed E-state index contributed by atoms with van der Waals surface area (Å²) in [6.45, 7) is 1.12. The van der Waals surface area contributed by atoms with Gasteiger partial charge in [0.25, 0.3) is 0 Å². The van der Waals surface area contributed by atoms with Gasteiger partial charge in [-0.3, -0.25) is 0 Å². The van der Waals surface area contributed by atoms with Gasteiger partial charge in [-0.2, -0.15) is 0 Å². The van der Waals surface area contributed by atoms with E-state index in [1.807, 2.05) is 0 Å². The van der Waals surface area contributed by atoms with Crippen molar-refractivity contribution in [2.45, 2.75) is 73.8 Å². The first kappa shape index (κ1) is 27.9. The van der Waals surface area contributed by atoms with E-state index in [1.54, 1.807) is 67.6 Å². The SMILES string of the molecule is C[C@@]12C[C@@]3(O)OC(O1)[C@]1(COC(=O)c4ccccc4)[C@H]3C[C@]21O[C@@H]1O[C@H](COC(=O)c2ccccc2)[C@H](O)[C@H](O)[C@H]1O. The molecule has 2 aromatic rings. The van der Waals surface area contributed by atoms with Crippen LogP contribution in [-0.4, -0.2) is 99.6 Å². The number of carbonyl (C=O) groups excluding carboxylic acids is 2. The minimum absolute atomic E-state index is 0.0572. The summed E-state index contributed by atoms with van der Waals surface area (Å²) in [5, 5.41) is 43.6. The number of aliphatic hydroxyl groups excluding tert-OH is 3. The molecule has 42 heavy (non-hydrogen) atoms. The van der Waals surface area contributed by atoms with E-state index in [-0.39, 0.29) is 19.4 Å². The van der Waals surface area contributed by atoms with E-state index < -0.39 is 83.9 Å². The van der Waals surface area contributed by atoms with Crippen molar-refractivity contribution >= 4 is 11.9 Å². The first-order chi connectivity index (χ1) is 20.0. The molecule has 12 nitrogen and oxygen atoms in total. The van der Waals surface area contributed by atoms with E-state index in [9.17, 15) is 30.0 Å². The van der Waals surface area contributed by atoms with Crippen LogP contribution in [0.4, 0.5) is 0 Å². The fourth-order valence-electron chi connectivity index (χ4n) is 7.68. The van der Waals surface area contributed by atoms with E-state index in [2.05, 4.69) is 0 Å². The average Bonchev–Trinajstić information content (AvgIpc) is 3.18. The van der Waals surface area contributed by atoms with Crippen LogP contribution in [-0.2, 0) is 28.4 Å². The molecule has 7 fully saturated rings. The summed E-state index contributed by atoms with van der Waals surface area (Å²) >= 11 is 0. The summed E-state index contributed by atoms with van der Waals surface area (Å²) in [5.41, 5.74) is -2.88. The van der Waals surface area contributed by atoms with Gasteiger partial charge in [0.15, 0.2) is 18.4 Å². The predicted molar refractivity (Wildman–Crippen MR) is 138 cm³/mol. The Labute approximate surface area is 240 Å². The third-order valence-electron chi connectivity index (χ3n) is 9.78. The monoisotopic (exact) mass is 584 g/mol. The fourth-order valence-corrected chi connectivity index (χ4v) is 7.68. The second-order valence-electron chi connectivity index (χ2n) is 12.0. The van der Waals surface area contributed by atoms with E-state index in [1.165, 1.54) is 0 Å². The Hall–Kier alpha value is -2.94. The van der Waals surface area contributed by atoms with Gasteiger partial charge in [-0.1, -0.05) is 36.4 Å². The van der Waals surface area contributed by atoms with Gasteiger partial charge in [-0.25, -0.2) is 9.59 Å². The molecule has 6 bridgehead atoms. The van der Waals surface area contributed by atoms with Crippen molar-refractivity contribution < 1.29 is 58.4 Å². The summed E-state index contributed by atoms with van der Waals surface area (Å²) in [4.78, 5) is 25.4. The lowest BCUT2D eigenvalue weighted by Crippen LogP contribution is -2.80. The molecule has 2 aromatic carbocycles. The summed E-state index contributed by atoms with van der Waals surface area (Å²) in [5.74, 6) is -3.25. The molecule has 12 heteroatoms. The highest BCUT2D eigenvalue weighted by Gasteiger charge is 2.94. The molecule has 9 rings (SSSR count). The van der Waals surface area contributed by atoms with Crippen LogP contribution in [0, 0.1) is 11.3 Å². The van der Waals surface area contributed by atoms with Crippen molar-refractivity contribution in [1.29, 1.82) is 0 Å². The molecule has 0 amide bonds. The van der Waals surface area contributed by atoms with Crippen LogP contribution in [0.3, 0.4) is 0 Å². The molecular weight excluding hydrogens is 552 g/mol. The molecule has 4 heterocycles. The zero-order chi connectivity index (χ0) is 29.5. The lowest BCUT2D eigenvalue weighted by molar-refractivity contribution is -0.424.